The van der Waals surface area contributed by atoms with Gasteiger partial charge in [0.1, 0.15) is 18.1 Å². The van der Waals surface area contributed by atoms with Crippen LogP contribution in [0.15, 0.2) is 48.5 Å². The molecule has 0 spiro atoms. The predicted molar refractivity (Wildman–Crippen MR) is 78.4 cm³/mol. The number of halogens is 1. The van der Waals surface area contributed by atoms with Crippen LogP contribution in [0.5, 0.6) is 11.5 Å². The lowest BCUT2D eigenvalue weighted by Gasteiger charge is -2.09. The van der Waals surface area contributed by atoms with E-state index >= 15 is 0 Å². The molecule has 19 heavy (non-hydrogen) atoms. The van der Waals surface area contributed by atoms with Crippen LogP contribution in [-0.4, -0.2) is 20.3 Å². The standard InChI is InChI=1S/C15H16ClNO2/c1-18-14-5-7-15(8-6-14)19-10-9-17-13-4-2-3-12(16)11-13/h2-8,11,17H,9-10H2,1H3. The Kier molecular flexibility index (Phi) is 4.93. The molecule has 0 saturated carbocycles. The predicted octanol–water partition coefficient (Wildman–Crippen LogP) is 3.84. The summed E-state index contributed by atoms with van der Waals surface area (Å²) in [4.78, 5) is 0. The van der Waals surface area contributed by atoms with E-state index in [0.717, 1.165) is 22.2 Å². The van der Waals surface area contributed by atoms with Gasteiger partial charge in [-0.3, -0.25) is 0 Å². The summed E-state index contributed by atoms with van der Waals surface area (Å²) in [5.41, 5.74) is 0.992. The summed E-state index contributed by atoms with van der Waals surface area (Å²) in [7, 11) is 1.64. The fourth-order valence-electron chi connectivity index (χ4n) is 1.63. The monoisotopic (exact) mass is 277 g/mol. The van der Waals surface area contributed by atoms with Crippen LogP contribution in [0.2, 0.25) is 5.02 Å². The zero-order valence-electron chi connectivity index (χ0n) is 10.7. The van der Waals surface area contributed by atoms with E-state index in [1.54, 1.807) is 7.11 Å². The molecule has 0 fully saturated rings. The van der Waals surface area contributed by atoms with Crippen LogP contribution in [0.3, 0.4) is 0 Å². The molecule has 0 unspecified atom stereocenters. The second-order valence-corrected chi connectivity index (χ2v) is 4.40. The Bertz CT molecular complexity index is 514. The maximum atomic E-state index is 5.90. The third-order valence-electron chi connectivity index (χ3n) is 2.58. The Hall–Kier alpha value is -1.87. The number of ether oxygens (including phenoxy) is 2. The van der Waals surface area contributed by atoms with E-state index in [4.69, 9.17) is 21.1 Å². The lowest BCUT2D eigenvalue weighted by Crippen LogP contribution is -2.11. The van der Waals surface area contributed by atoms with E-state index in [1.165, 1.54) is 0 Å². The molecule has 3 nitrogen and oxygen atoms in total. The maximum Gasteiger partial charge on any atom is 0.119 e. The molecule has 100 valence electrons. The minimum Gasteiger partial charge on any atom is -0.497 e. The number of hydrogen-bond donors (Lipinski definition) is 1. The SMILES string of the molecule is COc1ccc(OCCNc2cccc(Cl)c2)cc1. The summed E-state index contributed by atoms with van der Waals surface area (Å²) >= 11 is 5.90. The average molecular weight is 278 g/mol. The quantitative estimate of drug-likeness (QED) is 0.814. The summed E-state index contributed by atoms with van der Waals surface area (Å²) in [6.45, 7) is 1.30. The van der Waals surface area contributed by atoms with Gasteiger partial charge in [-0.2, -0.15) is 0 Å². The first kappa shape index (κ1) is 13.6. The van der Waals surface area contributed by atoms with Crippen molar-refractivity contribution in [1.29, 1.82) is 0 Å². The molecule has 4 heteroatoms. The second kappa shape index (κ2) is 6.90. The third kappa shape index (κ3) is 4.38. The van der Waals surface area contributed by atoms with Crippen molar-refractivity contribution < 1.29 is 9.47 Å². The highest BCUT2D eigenvalue weighted by Gasteiger charge is 1.96. The van der Waals surface area contributed by atoms with Crippen LogP contribution in [0.1, 0.15) is 0 Å². The zero-order valence-corrected chi connectivity index (χ0v) is 11.5. The summed E-state index contributed by atoms with van der Waals surface area (Å²) in [5.74, 6) is 1.65. The Morgan fingerprint density at radius 3 is 2.47 bits per heavy atom. The fourth-order valence-corrected chi connectivity index (χ4v) is 1.82. The number of methoxy groups -OCH3 is 1. The lowest BCUT2D eigenvalue weighted by molar-refractivity contribution is 0.332. The molecule has 0 radical (unpaired) electrons. The third-order valence-corrected chi connectivity index (χ3v) is 2.82. The van der Waals surface area contributed by atoms with Gasteiger partial charge in [-0.05, 0) is 42.5 Å². The van der Waals surface area contributed by atoms with Crippen molar-refractivity contribution in [3.63, 3.8) is 0 Å². The Balaban J connectivity index is 1.74. The van der Waals surface area contributed by atoms with Gasteiger partial charge in [0.2, 0.25) is 0 Å². The van der Waals surface area contributed by atoms with Gasteiger partial charge in [-0.25, -0.2) is 0 Å². The van der Waals surface area contributed by atoms with Gasteiger partial charge in [0.05, 0.1) is 7.11 Å². The molecule has 0 aliphatic rings. The molecule has 0 aliphatic carbocycles. The van der Waals surface area contributed by atoms with Gasteiger partial charge >= 0.3 is 0 Å². The highest BCUT2D eigenvalue weighted by Crippen LogP contribution is 2.17. The molecule has 2 rings (SSSR count). The molecule has 2 aromatic carbocycles. The molecule has 0 bridgehead atoms. The van der Waals surface area contributed by atoms with Crippen LogP contribution in [0.25, 0.3) is 0 Å². The topological polar surface area (TPSA) is 30.5 Å². The molecule has 0 aromatic heterocycles. The van der Waals surface area contributed by atoms with Crippen LogP contribution in [0.4, 0.5) is 5.69 Å². The molecule has 0 atom stereocenters. The van der Waals surface area contributed by atoms with E-state index in [0.29, 0.717) is 13.2 Å². The van der Waals surface area contributed by atoms with Crippen LogP contribution >= 0.6 is 11.6 Å². The van der Waals surface area contributed by atoms with Crippen molar-refractivity contribution in [3.8, 4) is 11.5 Å². The van der Waals surface area contributed by atoms with Gasteiger partial charge in [0.25, 0.3) is 0 Å². The molecule has 0 heterocycles. The number of nitrogens with one attached hydrogen (secondary N) is 1. The normalized spacial score (nSPS) is 10.0. The van der Waals surface area contributed by atoms with Crippen LogP contribution < -0.4 is 14.8 Å². The summed E-state index contributed by atoms with van der Waals surface area (Å²) < 4.78 is 10.7. The summed E-state index contributed by atoms with van der Waals surface area (Å²) in [5, 5.41) is 3.97. The van der Waals surface area contributed by atoms with E-state index < -0.39 is 0 Å². The van der Waals surface area contributed by atoms with Crippen molar-refractivity contribution in [3.05, 3.63) is 53.6 Å². The smallest absolute Gasteiger partial charge is 0.119 e. The van der Waals surface area contributed by atoms with E-state index in [1.807, 2.05) is 48.5 Å². The highest BCUT2D eigenvalue weighted by molar-refractivity contribution is 6.30. The van der Waals surface area contributed by atoms with Gasteiger partial charge in [0, 0.05) is 17.3 Å². The first-order valence-electron chi connectivity index (χ1n) is 6.04. The molecular formula is C15H16ClNO2. The molecule has 1 N–H and O–H groups in total. The van der Waals surface area contributed by atoms with Crippen molar-refractivity contribution >= 4 is 17.3 Å². The van der Waals surface area contributed by atoms with E-state index in [9.17, 15) is 0 Å². The van der Waals surface area contributed by atoms with Crippen LogP contribution in [0, 0.1) is 0 Å². The van der Waals surface area contributed by atoms with E-state index in [-0.39, 0.29) is 0 Å². The van der Waals surface area contributed by atoms with Gasteiger partial charge in [0.15, 0.2) is 0 Å². The largest absolute Gasteiger partial charge is 0.497 e. The Morgan fingerprint density at radius 1 is 1.05 bits per heavy atom. The number of rotatable bonds is 6. The molecular weight excluding hydrogens is 262 g/mol. The summed E-state index contributed by atoms with van der Waals surface area (Å²) in [6.07, 6.45) is 0. The van der Waals surface area contributed by atoms with E-state index in [2.05, 4.69) is 5.32 Å². The minimum atomic E-state index is 0.582. The van der Waals surface area contributed by atoms with Crippen molar-refractivity contribution in [1.82, 2.24) is 0 Å². The van der Waals surface area contributed by atoms with Crippen molar-refractivity contribution in [2.24, 2.45) is 0 Å². The molecule has 0 saturated heterocycles. The minimum absolute atomic E-state index is 0.582. The highest BCUT2D eigenvalue weighted by atomic mass is 35.5. The molecule has 2 aromatic rings. The lowest BCUT2D eigenvalue weighted by atomic mass is 10.3. The Labute approximate surface area is 118 Å². The first-order chi connectivity index (χ1) is 9.28. The fraction of sp³-hybridized carbons (Fsp3) is 0.200. The number of hydrogen-bond acceptors (Lipinski definition) is 3. The molecule has 0 amide bonds. The summed E-state index contributed by atoms with van der Waals surface area (Å²) in [6, 6.07) is 15.1. The Morgan fingerprint density at radius 2 is 1.79 bits per heavy atom. The van der Waals surface area contributed by atoms with Gasteiger partial charge in [-0.1, -0.05) is 17.7 Å². The van der Waals surface area contributed by atoms with Crippen molar-refractivity contribution in [2.75, 3.05) is 25.6 Å². The zero-order chi connectivity index (χ0) is 13.5. The average Bonchev–Trinajstić information content (AvgIpc) is 2.44. The van der Waals surface area contributed by atoms with Crippen molar-refractivity contribution in [2.45, 2.75) is 0 Å². The van der Waals surface area contributed by atoms with Crippen LogP contribution in [-0.2, 0) is 0 Å². The maximum absolute atomic E-state index is 5.90. The van der Waals surface area contributed by atoms with Gasteiger partial charge in [-0.15, -0.1) is 0 Å². The number of anilines is 1. The second-order valence-electron chi connectivity index (χ2n) is 3.96. The first-order valence-corrected chi connectivity index (χ1v) is 6.42. The van der Waals surface area contributed by atoms with Gasteiger partial charge < -0.3 is 14.8 Å². The number of benzene rings is 2. The molecule has 0 aliphatic heterocycles.